The summed E-state index contributed by atoms with van der Waals surface area (Å²) in [6.45, 7) is 6.71. The third-order valence-electron chi connectivity index (χ3n) is 0.862. The van der Waals surface area contributed by atoms with E-state index in [0.29, 0.717) is 4.20 Å². The van der Waals surface area contributed by atoms with Crippen molar-refractivity contribution in [3.8, 4) is 0 Å². The van der Waals surface area contributed by atoms with Gasteiger partial charge < -0.3 is 0 Å². The molecule has 0 heterocycles. The number of hydrogen-bond acceptors (Lipinski definition) is 0. The van der Waals surface area contributed by atoms with Crippen LogP contribution in [-0.4, -0.2) is 16.9 Å². The summed E-state index contributed by atoms with van der Waals surface area (Å²) in [4.78, 5) is 0. The molecule has 0 aliphatic heterocycles. The fourth-order valence-electron chi connectivity index (χ4n) is 0.612. The molecule has 0 nitrogen and oxygen atoms in total. The van der Waals surface area contributed by atoms with E-state index in [-0.39, 0.29) is 0 Å². The molecule has 0 bridgehead atoms. The Bertz CT molecular complexity index is 42.6. The summed E-state index contributed by atoms with van der Waals surface area (Å²) in [6.07, 6.45) is 2.61. The second-order valence-electron chi connectivity index (χ2n) is 2.56. The molecule has 42 valence electrons. The van der Waals surface area contributed by atoms with Gasteiger partial charge in [0.15, 0.2) is 0 Å². The average molecular weight is 160 g/mol. The minimum atomic E-state index is 0.488. The average Bonchev–Trinajstić information content (AvgIpc) is 1.30. The van der Waals surface area contributed by atoms with Gasteiger partial charge in [-0.15, -0.1) is 0 Å². The molecule has 0 aromatic carbocycles. The second kappa shape index (κ2) is 2.77. The van der Waals surface area contributed by atoms with Crippen molar-refractivity contribution >= 4 is 16.9 Å². The summed E-state index contributed by atoms with van der Waals surface area (Å²) in [5.74, 6) is 0. The molecular formula is C6H13As. The molecule has 0 aromatic rings. The molecule has 0 saturated carbocycles. The molecule has 0 saturated heterocycles. The van der Waals surface area contributed by atoms with Crippen LogP contribution in [0.2, 0.25) is 4.20 Å². The van der Waals surface area contributed by atoms with Crippen molar-refractivity contribution in [2.45, 2.75) is 37.8 Å². The maximum atomic E-state index is 2.70. The van der Waals surface area contributed by atoms with E-state index in [9.17, 15) is 0 Å². The zero-order valence-corrected chi connectivity index (χ0v) is 7.24. The van der Waals surface area contributed by atoms with Crippen LogP contribution in [0, 0.1) is 0 Å². The van der Waals surface area contributed by atoms with E-state index in [4.69, 9.17) is 0 Å². The van der Waals surface area contributed by atoms with Gasteiger partial charge in [-0.05, 0) is 0 Å². The Hall–Kier alpha value is 0.558. The first-order chi connectivity index (χ1) is 3.06. The topological polar surface area (TPSA) is 0 Å². The quantitative estimate of drug-likeness (QED) is 0.543. The third kappa shape index (κ3) is 6.56. The number of hydrogen-bond donors (Lipinski definition) is 0. The zero-order valence-electron chi connectivity index (χ0n) is 5.36. The van der Waals surface area contributed by atoms with Crippen molar-refractivity contribution in [2.75, 3.05) is 0 Å². The zero-order chi connectivity index (χ0) is 5.91. The third-order valence-corrected chi connectivity index (χ3v) is 1.33. The minimum absolute atomic E-state index is 0.488. The molecule has 0 atom stereocenters. The predicted octanol–water partition coefficient (Wildman–Crippen LogP) is 2.15. The molecule has 0 aliphatic carbocycles. The first-order valence-electron chi connectivity index (χ1n) is 2.78. The monoisotopic (exact) mass is 160 g/mol. The van der Waals surface area contributed by atoms with E-state index in [1.807, 2.05) is 0 Å². The van der Waals surface area contributed by atoms with Gasteiger partial charge in [-0.1, -0.05) is 0 Å². The Kier molecular flexibility index (Phi) is 2.99. The molecule has 0 N–H and O–H groups in total. The van der Waals surface area contributed by atoms with Gasteiger partial charge >= 0.3 is 54.7 Å². The standard InChI is InChI=1S/C6H13As/c1-4-5-6(2,3)7/h4-5H2,1-3H3. The second-order valence-corrected chi connectivity index (χ2v) is 5.10. The van der Waals surface area contributed by atoms with Crippen LogP contribution < -0.4 is 0 Å². The van der Waals surface area contributed by atoms with Gasteiger partial charge in [0, 0.05) is 0 Å². The molecule has 0 unspecified atom stereocenters. The molecule has 0 rings (SSSR count). The molecule has 0 spiro atoms. The van der Waals surface area contributed by atoms with Crippen LogP contribution in [0.5, 0.6) is 0 Å². The molecule has 1 heteroatoms. The van der Waals surface area contributed by atoms with E-state index in [0.717, 1.165) is 0 Å². The van der Waals surface area contributed by atoms with E-state index < -0.39 is 0 Å². The van der Waals surface area contributed by atoms with Gasteiger partial charge in [0.25, 0.3) is 0 Å². The molecule has 7 heavy (non-hydrogen) atoms. The Labute approximate surface area is 55.2 Å². The van der Waals surface area contributed by atoms with E-state index >= 15 is 0 Å². The van der Waals surface area contributed by atoms with E-state index in [1.165, 1.54) is 12.8 Å². The van der Waals surface area contributed by atoms with Gasteiger partial charge in [-0.2, -0.15) is 0 Å². The summed E-state index contributed by atoms with van der Waals surface area (Å²) in [5, 5.41) is 0. The van der Waals surface area contributed by atoms with Crippen LogP contribution in [0.3, 0.4) is 0 Å². The molecule has 0 aliphatic rings. The summed E-state index contributed by atoms with van der Waals surface area (Å²) in [7, 11) is 0. The normalized spacial score (nSPS) is 12.0. The van der Waals surface area contributed by atoms with Gasteiger partial charge in [0.1, 0.15) is 0 Å². The molecule has 0 amide bonds. The Morgan fingerprint density at radius 3 is 1.86 bits per heavy atom. The summed E-state index contributed by atoms with van der Waals surface area (Å²) >= 11 is 2.70. The fraction of sp³-hybridized carbons (Fsp3) is 1.00. The molecule has 0 fully saturated rings. The maximum absolute atomic E-state index is 2.70. The summed E-state index contributed by atoms with van der Waals surface area (Å²) in [6, 6.07) is 0. The number of rotatable bonds is 2. The van der Waals surface area contributed by atoms with Crippen LogP contribution in [0.4, 0.5) is 0 Å². The summed E-state index contributed by atoms with van der Waals surface area (Å²) < 4.78 is 0.488. The van der Waals surface area contributed by atoms with Crippen LogP contribution in [0.1, 0.15) is 33.6 Å². The first-order valence-corrected chi connectivity index (χ1v) is 3.72. The fourth-order valence-corrected chi connectivity index (χ4v) is 1.08. The van der Waals surface area contributed by atoms with Crippen molar-refractivity contribution < 1.29 is 0 Å². The van der Waals surface area contributed by atoms with Crippen molar-refractivity contribution in [2.24, 2.45) is 0 Å². The summed E-state index contributed by atoms with van der Waals surface area (Å²) in [5.41, 5.74) is 0. The molecule has 2 radical (unpaired) electrons. The van der Waals surface area contributed by atoms with Crippen LogP contribution >= 0.6 is 0 Å². The Morgan fingerprint density at radius 1 is 1.43 bits per heavy atom. The van der Waals surface area contributed by atoms with Gasteiger partial charge in [-0.3, -0.25) is 0 Å². The Morgan fingerprint density at radius 2 is 1.86 bits per heavy atom. The predicted molar refractivity (Wildman–Crippen MR) is 34.7 cm³/mol. The van der Waals surface area contributed by atoms with Gasteiger partial charge in [-0.25, -0.2) is 0 Å². The molecular weight excluding hydrogens is 147 g/mol. The Balaban J connectivity index is 3.15. The van der Waals surface area contributed by atoms with Crippen molar-refractivity contribution in [3.63, 3.8) is 0 Å². The van der Waals surface area contributed by atoms with E-state index in [1.54, 1.807) is 0 Å². The van der Waals surface area contributed by atoms with Crippen molar-refractivity contribution in [1.29, 1.82) is 0 Å². The van der Waals surface area contributed by atoms with Crippen molar-refractivity contribution in [1.82, 2.24) is 0 Å². The molecule has 0 aromatic heterocycles. The van der Waals surface area contributed by atoms with Crippen molar-refractivity contribution in [3.05, 3.63) is 0 Å². The first kappa shape index (κ1) is 7.56. The SMILES string of the molecule is CCCC(C)(C)[As]. The van der Waals surface area contributed by atoms with E-state index in [2.05, 4.69) is 37.6 Å². The van der Waals surface area contributed by atoms with Crippen LogP contribution in [-0.2, 0) is 0 Å². The van der Waals surface area contributed by atoms with Gasteiger partial charge in [0.05, 0.1) is 0 Å². The van der Waals surface area contributed by atoms with Crippen LogP contribution in [0.15, 0.2) is 0 Å². The van der Waals surface area contributed by atoms with Crippen LogP contribution in [0.25, 0.3) is 0 Å². The van der Waals surface area contributed by atoms with Gasteiger partial charge in [0.2, 0.25) is 0 Å².